The first-order valence-corrected chi connectivity index (χ1v) is 4.49. The second-order valence-corrected chi connectivity index (χ2v) is 3.53. The first kappa shape index (κ1) is 12.6. The van der Waals surface area contributed by atoms with Crippen molar-refractivity contribution < 1.29 is 48.4 Å². The van der Waals surface area contributed by atoms with Crippen LogP contribution in [0.2, 0.25) is 0 Å². The minimum absolute atomic E-state index is 0. The maximum atomic E-state index is 11.0. The molecule has 13 heavy (non-hydrogen) atoms. The summed E-state index contributed by atoms with van der Waals surface area (Å²) in [6, 6.07) is 7.44. The van der Waals surface area contributed by atoms with Gasteiger partial charge in [0.2, 0.25) is 0 Å². The minimum atomic E-state index is -3.88. The molecule has 0 aromatic heterocycles. The van der Waals surface area contributed by atoms with E-state index in [1.54, 1.807) is 18.2 Å². The van der Waals surface area contributed by atoms with E-state index in [-0.39, 0.29) is 42.4 Å². The van der Waals surface area contributed by atoms with Gasteiger partial charge in [-0.25, -0.2) is 0 Å². The second-order valence-electron chi connectivity index (χ2n) is 1.96. The van der Waals surface area contributed by atoms with Crippen molar-refractivity contribution in [3.05, 3.63) is 30.3 Å². The van der Waals surface area contributed by atoms with Gasteiger partial charge in [-0.05, 0) is 12.1 Å². The van der Waals surface area contributed by atoms with E-state index < -0.39 is 10.1 Å². The van der Waals surface area contributed by atoms with E-state index >= 15 is 0 Å². The van der Waals surface area contributed by atoms with Crippen molar-refractivity contribution in [2.45, 2.75) is 4.90 Å². The van der Waals surface area contributed by atoms with Crippen molar-refractivity contribution in [2.24, 2.45) is 0 Å². The van der Waals surface area contributed by atoms with E-state index in [4.69, 9.17) is 0 Å². The fourth-order valence-electron chi connectivity index (χ4n) is 0.694. The van der Waals surface area contributed by atoms with Crippen LogP contribution in [0.15, 0.2) is 35.2 Å². The van der Waals surface area contributed by atoms with Gasteiger partial charge in [-0.1, -0.05) is 18.2 Å². The van der Waals surface area contributed by atoms with Gasteiger partial charge in [-0.3, -0.25) is 4.79 Å². The molecule has 0 aliphatic carbocycles. The summed E-state index contributed by atoms with van der Waals surface area (Å²) < 4.78 is 25.9. The van der Waals surface area contributed by atoms with Crippen molar-refractivity contribution in [3.8, 4) is 0 Å². The Morgan fingerprint density at radius 1 is 1.23 bits per heavy atom. The predicted molar refractivity (Wildman–Crippen MR) is 41.9 cm³/mol. The van der Waals surface area contributed by atoms with E-state index in [9.17, 15) is 13.2 Å². The fraction of sp³-hybridized carbons (Fsp3) is 0. The summed E-state index contributed by atoms with van der Waals surface area (Å²) in [5, 5.41) is 0. The number of rotatable bonds is 3. The molecule has 66 valence electrons. The molecule has 0 saturated heterocycles. The Hall–Kier alpha value is -0.360. The van der Waals surface area contributed by atoms with Gasteiger partial charge in [0.25, 0.3) is 0 Å². The zero-order valence-corrected chi connectivity index (χ0v) is 9.82. The van der Waals surface area contributed by atoms with Crippen molar-refractivity contribution in [3.63, 3.8) is 0 Å². The van der Waals surface area contributed by atoms with Gasteiger partial charge >= 0.3 is 46.1 Å². The molecule has 0 aliphatic heterocycles. The number of carbonyl (C=O) groups excluding carboxylic acids is 1. The third kappa shape index (κ3) is 3.48. The molecule has 1 rings (SSSR count). The van der Waals surface area contributed by atoms with E-state index in [2.05, 4.69) is 4.18 Å². The Balaban J connectivity index is 0. The molecule has 0 radical (unpaired) electrons. The summed E-state index contributed by atoms with van der Waals surface area (Å²) in [7, 11) is -3.88. The topological polar surface area (TPSA) is 60.4 Å². The van der Waals surface area contributed by atoms with Gasteiger partial charge in [0.15, 0.2) is 0 Å². The summed E-state index contributed by atoms with van der Waals surface area (Å²) >= 11 is 0. The summed E-state index contributed by atoms with van der Waals surface area (Å²) in [6.07, 6.45) is 0. The van der Waals surface area contributed by atoms with Crippen molar-refractivity contribution in [1.29, 1.82) is 0 Å². The molecule has 0 bridgehead atoms. The van der Waals surface area contributed by atoms with Gasteiger partial charge in [0.05, 0.1) is 0 Å². The average Bonchev–Trinajstić information content (AvgIpc) is 2.06. The molecule has 0 spiro atoms. The molecule has 0 aliphatic rings. The van der Waals surface area contributed by atoms with Gasteiger partial charge in [-0.2, -0.15) is 8.42 Å². The van der Waals surface area contributed by atoms with Crippen molar-refractivity contribution in [1.82, 2.24) is 0 Å². The first-order valence-electron chi connectivity index (χ1n) is 3.09. The molecule has 0 N–H and O–H groups in total. The Labute approximate surface area is 99.8 Å². The van der Waals surface area contributed by atoms with Gasteiger partial charge in [0.1, 0.15) is 4.90 Å². The van der Waals surface area contributed by atoms with Crippen LogP contribution in [0.5, 0.6) is 0 Å². The number of benzene rings is 1. The molecule has 4 nitrogen and oxygen atoms in total. The van der Waals surface area contributed by atoms with E-state index in [1.807, 2.05) is 0 Å². The molecule has 0 heterocycles. The van der Waals surface area contributed by atoms with Crippen LogP contribution < -0.4 is 29.6 Å². The van der Waals surface area contributed by atoms with Crippen molar-refractivity contribution >= 4 is 16.6 Å². The molecule has 0 atom stereocenters. The van der Waals surface area contributed by atoms with Crippen molar-refractivity contribution in [2.75, 3.05) is 0 Å². The zero-order valence-electron chi connectivity index (χ0n) is 8.01. The standard InChI is InChI=1S/C7H6O4S.Na.H/c8-6-11-12(9,10)7-4-2-1-3-5-7;;/h1-6H;;/q;+1;-1. The molecule has 1 aromatic rings. The quantitative estimate of drug-likeness (QED) is 0.319. The second kappa shape index (κ2) is 5.39. The van der Waals surface area contributed by atoms with Crippen LogP contribution >= 0.6 is 0 Å². The Bertz CT molecular complexity index is 365. The van der Waals surface area contributed by atoms with Crippen LogP contribution in [0.1, 0.15) is 1.43 Å². The monoisotopic (exact) mass is 210 g/mol. The van der Waals surface area contributed by atoms with E-state index in [0.29, 0.717) is 0 Å². The maximum absolute atomic E-state index is 11.0. The summed E-state index contributed by atoms with van der Waals surface area (Å²) in [4.78, 5) is 9.76. The molecular weight excluding hydrogens is 203 g/mol. The van der Waals surface area contributed by atoms with Crippen LogP contribution in [0.25, 0.3) is 0 Å². The van der Waals surface area contributed by atoms with Gasteiger partial charge in [0, 0.05) is 0 Å². The van der Waals surface area contributed by atoms with E-state index in [1.165, 1.54) is 12.1 Å². The summed E-state index contributed by atoms with van der Waals surface area (Å²) in [5.41, 5.74) is 0. The molecule has 0 amide bonds. The fourth-order valence-corrected chi connectivity index (χ4v) is 1.40. The van der Waals surface area contributed by atoms with Crippen LogP contribution in [0, 0.1) is 0 Å². The Morgan fingerprint density at radius 3 is 2.23 bits per heavy atom. The summed E-state index contributed by atoms with van der Waals surface area (Å²) in [5.74, 6) is 0. The third-order valence-corrected chi connectivity index (χ3v) is 2.38. The molecular formula is C7H7NaO4S. The maximum Gasteiger partial charge on any atom is 1.00 e. The Morgan fingerprint density at radius 2 is 1.77 bits per heavy atom. The number of carbonyl (C=O) groups is 1. The van der Waals surface area contributed by atoms with E-state index in [0.717, 1.165) is 0 Å². The van der Waals surface area contributed by atoms with Crippen LogP contribution in [-0.4, -0.2) is 14.9 Å². The molecule has 0 saturated carbocycles. The first-order chi connectivity index (χ1) is 5.67. The smallest absolute Gasteiger partial charge is 1.00 e. The predicted octanol–water partition coefficient (Wildman–Crippen LogP) is -2.34. The SMILES string of the molecule is O=COS(=O)(=O)c1ccccc1.[H-].[Na+]. The molecule has 6 heteroatoms. The number of hydrogen-bond donors (Lipinski definition) is 0. The normalized spacial score (nSPS) is 9.85. The number of hydrogen-bond acceptors (Lipinski definition) is 4. The summed E-state index contributed by atoms with van der Waals surface area (Å²) in [6.45, 7) is -0.109. The third-order valence-electron chi connectivity index (χ3n) is 1.20. The van der Waals surface area contributed by atoms with Crippen LogP contribution in [0.4, 0.5) is 0 Å². The molecule has 1 aromatic carbocycles. The van der Waals surface area contributed by atoms with Gasteiger partial charge < -0.3 is 5.61 Å². The minimum Gasteiger partial charge on any atom is -1.00 e. The van der Waals surface area contributed by atoms with Gasteiger partial charge in [-0.15, -0.1) is 0 Å². The van der Waals surface area contributed by atoms with Crippen LogP contribution in [-0.2, 0) is 19.1 Å². The molecule has 0 fully saturated rings. The zero-order chi connectivity index (χ0) is 9.03. The van der Waals surface area contributed by atoms with Crippen LogP contribution in [0.3, 0.4) is 0 Å². The average molecular weight is 210 g/mol. The largest absolute Gasteiger partial charge is 1.00 e. The Kier molecular flexibility index (Phi) is 5.24. The molecule has 0 unspecified atom stereocenters.